The number of ether oxygens (including phenoxy) is 1. The SMILES string of the molecule is NC(=O)OC1CCCCC/C=C\C2CC2(S(=O)(=O)Nc2ccc(F)cc2)NC(=O)C2(C(N)=O)CCCN2C1=O. The van der Waals surface area contributed by atoms with Crippen molar-refractivity contribution < 1.29 is 36.7 Å². The zero-order chi connectivity index (χ0) is 28.4. The molecule has 1 aromatic rings. The van der Waals surface area contributed by atoms with Crippen molar-refractivity contribution in [2.75, 3.05) is 11.3 Å². The molecule has 4 amide bonds. The zero-order valence-corrected chi connectivity index (χ0v) is 22.0. The average Bonchev–Trinajstić information content (AvgIpc) is 3.38. The fourth-order valence-corrected chi connectivity index (χ4v) is 7.10. The van der Waals surface area contributed by atoms with E-state index in [1.54, 1.807) is 6.08 Å². The molecule has 0 spiro atoms. The Morgan fingerprint density at radius 3 is 2.49 bits per heavy atom. The van der Waals surface area contributed by atoms with Gasteiger partial charge in [-0.1, -0.05) is 18.6 Å². The first-order valence-corrected chi connectivity index (χ1v) is 14.3. The lowest BCUT2D eigenvalue weighted by Crippen LogP contribution is -2.68. The van der Waals surface area contributed by atoms with Gasteiger partial charge < -0.3 is 26.4 Å². The highest BCUT2D eigenvalue weighted by Crippen LogP contribution is 2.50. The third-order valence-electron chi connectivity index (χ3n) is 7.53. The Kier molecular flexibility index (Phi) is 7.87. The number of halogens is 1. The van der Waals surface area contributed by atoms with Crippen LogP contribution in [0.4, 0.5) is 14.9 Å². The number of primary amides is 2. The molecule has 4 rings (SSSR count). The molecular formula is C25H32FN5O7S. The van der Waals surface area contributed by atoms with Gasteiger partial charge in [0, 0.05) is 18.2 Å². The molecule has 1 saturated heterocycles. The Morgan fingerprint density at radius 1 is 1.10 bits per heavy atom. The van der Waals surface area contributed by atoms with E-state index in [2.05, 4.69) is 10.0 Å². The Bertz CT molecular complexity index is 1290. The molecule has 1 aromatic carbocycles. The van der Waals surface area contributed by atoms with Crippen molar-refractivity contribution in [2.45, 2.75) is 67.9 Å². The maximum absolute atomic E-state index is 13.9. The molecule has 1 saturated carbocycles. The second-order valence-corrected chi connectivity index (χ2v) is 12.0. The fourth-order valence-electron chi connectivity index (χ4n) is 5.37. The highest BCUT2D eigenvalue weighted by molar-refractivity contribution is 7.94. The smallest absolute Gasteiger partial charge is 0.405 e. The van der Waals surface area contributed by atoms with Crippen molar-refractivity contribution in [3.05, 3.63) is 42.2 Å². The number of allylic oxidation sites excluding steroid dienone is 1. The molecule has 2 heterocycles. The molecule has 212 valence electrons. The van der Waals surface area contributed by atoms with E-state index in [4.69, 9.17) is 16.2 Å². The summed E-state index contributed by atoms with van der Waals surface area (Å²) in [4.78, 5) is 50.9. The minimum absolute atomic E-state index is 0.00195. The van der Waals surface area contributed by atoms with Gasteiger partial charge in [-0.3, -0.25) is 19.1 Å². The maximum atomic E-state index is 13.9. The number of nitrogens with one attached hydrogen (secondary N) is 2. The summed E-state index contributed by atoms with van der Waals surface area (Å²) in [6.07, 6.45) is 3.72. The fraction of sp³-hybridized carbons (Fsp3) is 0.520. The number of anilines is 1. The number of carbonyl (C=O) groups is 4. The van der Waals surface area contributed by atoms with Crippen molar-refractivity contribution in [1.82, 2.24) is 10.2 Å². The van der Waals surface area contributed by atoms with Gasteiger partial charge in [0.25, 0.3) is 27.7 Å². The zero-order valence-electron chi connectivity index (χ0n) is 21.2. The van der Waals surface area contributed by atoms with Gasteiger partial charge in [-0.25, -0.2) is 17.6 Å². The van der Waals surface area contributed by atoms with E-state index in [-0.39, 0.29) is 37.9 Å². The van der Waals surface area contributed by atoms with Crippen LogP contribution >= 0.6 is 0 Å². The topological polar surface area (TPSA) is 191 Å². The van der Waals surface area contributed by atoms with Gasteiger partial charge in [-0.05, 0) is 69.2 Å². The Hall–Kier alpha value is -3.68. The number of nitrogens with two attached hydrogens (primary N) is 2. The number of carbonyl (C=O) groups excluding carboxylic acids is 4. The van der Waals surface area contributed by atoms with Crippen LogP contribution in [-0.4, -0.2) is 60.2 Å². The van der Waals surface area contributed by atoms with Gasteiger partial charge in [0.2, 0.25) is 5.54 Å². The molecule has 6 N–H and O–H groups in total. The third-order valence-corrected chi connectivity index (χ3v) is 9.57. The molecule has 12 nitrogen and oxygen atoms in total. The summed E-state index contributed by atoms with van der Waals surface area (Å²) in [7, 11) is -4.34. The van der Waals surface area contributed by atoms with Crippen molar-refractivity contribution in [3.63, 3.8) is 0 Å². The summed E-state index contributed by atoms with van der Waals surface area (Å²) in [6.45, 7) is -0.0370. The van der Waals surface area contributed by atoms with Crippen LogP contribution < -0.4 is 21.5 Å². The third kappa shape index (κ3) is 5.42. The van der Waals surface area contributed by atoms with Gasteiger partial charge in [-0.15, -0.1) is 0 Å². The van der Waals surface area contributed by atoms with Gasteiger partial charge >= 0.3 is 6.09 Å². The number of amides is 4. The lowest BCUT2D eigenvalue weighted by molar-refractivity contribution is -0.157. The van der Waals surface area contributed by atoms with Gasteiger partial charge in [-0.2, -0.15) is 0 Å². The number of hydrogen-bond donors (Lipinski definition) is 4. The van der Waals surface area contributed by atoms with E-state index in [0.717, 1.165) is 23.5 Å². The lowest BCUT2D eigenvalue weighted by atomic mass is 9.92. The summed E-state index contributed by atoms with van der Waals surface area (Å²) in [5.74, 6) is -4.18. The Morgan fingerprint density at radius 2 is 1.82 bits per heavy atom. The predicted molar refractivity (Wildman–Crippen MR) is 137 cm³/mol. The molecule has 4 unspecified atom stereocenters. The van der Waals surface area contributed by atoms with E-state index < -0.39 is 62.1 Å². The number of hydrogen-bond acceptors (Lipinski definition) is 7. The Labute approximate surface area is 225 Å². The lowest BCUT2D eigenvalue weighted by Gasteiger charge is -2.37. The van der Waals surface area contributed by atoms with E-state index in [1.165, 1.54) is 12.1 Å². The van der Waals surface area contributed by atoms with Crippen molar-refractivity contribution in [2.24, 2.45) is 17.4 Å². The number of nitrogens with zero attached hydrogens (tertiary/aromatic N) is 1. The van der Waals surface area contributed by atoms with Crippen LogP contribution in [0.25, 0.3) is 0 Å². The number of fused-ring (bicyclic) bond motifs is 2. The van der Waals surface area contributed by atoms with E-state index in [9.17, 15) is 32.0 Å². The van der Waals surface area contributed by atoms with Crippen LogP contribution in [0.5, 0.6) is 0 Å². The summed E-state index contributed by atoms with van der Waals surface area (Å²) >= 11 is 0. The minimum Gasteiger partial charge on any atom is -0.436 e. The van der Waals surface area contributed by atoms with E-state index in [0.29, 0.717) is 19.3 Å². The summed E-state index contributed by atoms with van der Waals surface area (Å²) < 4.78 is 48.1. The average molecular weight is 566 g/mol. The molecule has 2 fully saturated rings. The number of sulfonamides is 1. The summed E-state index contributed by atoms with van der Waals surface area (Å²) in [5, 5.41) is 2.54. The summed E-state index contributed by atoms with van der Waals surface area (Å²) in [6, 6.07) is 4.66. The first-order chi connectivity index (χ1) is 18.4. The maximum Gasteiger partial charge on any atom is 0.405 e. The normalized spacial score (nSPS) is 30.5. The minimum atomic E-state index is -4.34. The Balaban J connectivity index is 1.73. The predicted octanol–water partition coefficient (Wildman–Crippen LogP) is 1.23. The quantitative estimate of drug-likeness (QED) is 0.305. The molecule has 0 bridgehead atoms. The number of benzene rings is 1. The van der Waals surface area contributed by atoms with Crippen LogP contribution in [0.15, 0.2) is 36.4 Å². The van der Waals surface area contributed by atoms with Gasteiger partial charge in [0.15, 0.2) is 11.0 Å². The highest BCUT2D eigenvalue weighted by Gasteiger charge is 2.67. The van der Waals surface area contributed by atoms with Crippen LogP contribution in [0.2, 0.25) is 0 Å². The largest absolute Gasteiger partial charge is 0.436 e. The van der Waals surface area contributed by atoms with E-state index >= 15 is 0 Å². The molecule has 1 aliphatic carbocycles. The standard InChI is InChI=1S/C25H32FN5O7S/c26-17-9-11-18(12-10-17)30-39(36,37)25-15-16(25)7-4-2-1-3-5-8-19(38-23(28)35)20(32)31-14-6-13-24(31,21(27)33)22(34)29-25/h4,7,9-12,16,19,30H,1-3,5-6,8,13-15H2,(H2,27,33)(H2,28,35)(H,29,34)/b7-4-. The number of rotatable bonds is 5. The van der Waals surface area contributed by atoms with Crippen molar-refractivity contribution >= 4 is 39.5 Å². The first-order valence-electron chi connectivity index (χ1n) is 12.8. The van der Waals surface area contributed by atoms with Crippen LogP contribution in [0.1, 0.15) is 51.4 Å². The highest BCUT2D eigenvalue weighted by atomic mass is 32.2. The van der Waals surface area contributed by atoms with Crippen LogP contribution in [0, 0.1) is 11.7 Å². The molecule has 0 radical (unpaired) electrons. The molecule has 14 heteroatoms. The van der Waals surface area contributed by atoms with Crippen molar-refractivity contribution in [1.29, 1.82) is 0 Å². The monoisotopic (exact) mass is 565 g/mol. The van der Waals surface area contributed by atoms with Gasteiger partial charge in [0.05, 0.1) is 0 Å². The van der Waals surface area contributed by atoms with Crippen LogP contribution in [0.3, 0.4) is 0 Å². The van der Waals surface area contributed by atoms with Crippen molar-refractivity contribution in [3.8, 4) is 0 Å². The van der Waals surface area contributed by atoms with E-state index in [1.807, 2.05) is 6.08 Å². The molecule has 3 aliphatic rings. The molecule has 39 heavy (non-hydrogen) atoms. The molecular weight excluding hydrogens is 533 g/mol. The second-order valence-electron chi connectivity index (χ2n) is 10.1. The molecule has 0 aromatic heterocycles. The van der Waals surface area contributed by atoms with Crippen LogP contribution in [-0.2, 0) is 29.1 Å². The second kappa shape index (κ2) is 10.8. The molecule has 2 aliphatic heterocycles. The van der Waals surface area contributed by atoms with Gasteiger partial charge in [0.1, 0.15) is 5.82 Å². The first kappa shape index (κ1) is 28.3. The summed E-state index contributed by atoms with van der Waals surface area (Å²) in [5.41, 5.74) is 8.77. The molecule has 4 atom stereocenters.